The van der Waals surface area contributed by atoms with Gasteiger partial charge in [-0.05, 0) is 19.3 Å². The Morgan fingerprint density at radius 3 is 2.78 bits per heavy atom. The molecule has 1 rings (SSSR count). The van der Waals surface area contributed by atoms with Crippen LogP contribution >= 0.6 is 0 Å². The lowest BCUT2D eigenvalue weighted by molar-refractivity contribution is -0.146. The lowest BCUT2D eigenvalue weighted by atomic mass is 9.99. The maximum absolute atomic E-state index is 11.6. The number of hydrogen-bond donors (Lipinski definition) is 1. The molecule has 106 valence electrons. The van der Waals surface area contributed by atoms with Gasteiger partial charge in [0.1, 0.15) is 0 Å². The fraction of sp³-hybridized carbons (Fsp3) is 0.923. The number of carbonyl (C=O) groups excluding carboxylic acids is 1. The molecule has 0 spiro atoms. The Morgan fingerprint density at radius 2 is 2.22 bits per heavy atom. The van der Waals surface area contributed by atoms with Crippen LogP contribution in [0.1, 0.15) is 20.3 Å². The van der Waals surface area contributed by atoms with E-state index in [1.54, 1.807) is 0 Å². The highest BCUT2D eigenvalue weighted by molar-refractivity contribution is 5.73. The summed E-state index contributed by atoms with van der Waals surface area (Å²) in [6.45, 7) is 8.00. The van der Waals surface area contributed by atoms with E-state index in [0.29, 0.717) is 19.1 Å². The number of methoxy groups -OCH3 is 1. The Morgan fingerprint density at radius 1 is 1.50 bits per heavy atom. The summed E-state index contributed by atoms with van der Waals surface area (Å²) in [6, 6.07) is 0. The van der Waals surface area contributed by atoms with Crippen LogP contribution in [0.2, 0.25) is 0 Å². The van der Waals surface area contributed by atoms with Gasteiger partial charge in [-0.3, -0.25) is 4.79 Å². The topological polar surface area (TPSA) is 64.8 Å². The number of nitrogens with two attached hydrogens (primary N) is 1. The van der Waals surface area contributed by atoms with Crippen LogP contribution in [0.3, 0.4) is 0 Å². The van der Waals surface area contributed by atoms with Gasteiger partial charge in [0.25, 0.3) is 0 Å². The molecule has 3 unspecified atom stereocenters. The van der Waals surface area contributed by atoms with Crippen LogP contribution in [0.25, 0.3) is 0 Å². The second-order valence-corrected chi connectivity index (χ2v) is 4.97. The lowest BCUT2D eigenvalue weighted by Gasteiger charge is -2.20. The first kappa shape index (κ1) is 15.4. The fourth-order valence-electron chi connectivity index (χ4n) is 2.54. The smallest absolute Gasteiger partial charge is 0.310 e. The van der Waals surface area contributed by atoms with Crippen molar-refractivity contribution in [1.82, 2.24) is 4.90 Å². The predicted octanol–water partition coefficient (Wildman–Crippen LogP) is 0.481. The van der Waals surface area contributed by atoms with Gasteiger partial charge in [-0.2, -0.15) is 0 Å². The second-order valence-electron chi connectivity index (χ2n) is 4.97. The fourth-order valence-corrected chi connectivity index (χ4v) is 2.54. The van der Waals surface area contributed by atoms with Crippen LogP contribution in [0, 0.1) is 11.8 Å². The number of hydrogen-bond acceptors (Lipinski definition) is 5. The Hall–Kier alpha value is -0.650. The summed E-state index contributed by atoms with van der Waals surface area (Å²) >= 11 is 0. The zero-order valence-corrected chi connectivity index (χ0v) is 11.7. The van der Waals surface area contributed by atoms with Gasteiger partial charge in [0.15, 0.2) is 0 Å². The Kier molecular flexibility index (Phi) is 6.60. The van der Waals surface area contributed by atoms with E-state index in [4.69, 9.17) is 15.2 Å². The molecule has 2 N–H and O–H groups in total. The maximum Gasteiger partial charge on any atom is 0.310 e. The normalized spacial score (nSPS) is 26.2. The van der Waals surface area contributed by atoms with Gasteiger partial charge in [-0.25, -0.2) is 0 Å². The molecule has 0 aliphatic carbocycles. The van der Waals surface area contributed by atoms with E-state index in [1.807, 2.05) is 6.92 Å². The number of esters is 1. The van der Waals surface area contributed by atoms with Crippen LogP contribution in [-0.2, 0) is 14.3 Å². The largest absolute Gasteiger partial charge is 0.469 e. The van der Waals surface area contributed by atoms with E-state index in [0.717, 1.165) is 26.1 Å². The van der Waals surface area contributed by atoms with Crippen molar-refractivity contribution in [3.05, 3.63) is 0 Å². The zero-order chi connectivity index (χ0) is 13.5. The third kappa shape index (κ3) is 4.23. The third-order valence-corrected chi connectivity index (χ3v) is 3.62. The molecule has 5 heteroatoms. The highest BCUT2D eigenvalue weighted by atomic mass is 16.5. The molecule has 1 aliphatic rings. The molecule has 0 aromatic rings. The van der Waals surface area contributed by atoms with Gasteiger partial charge in [-0.1, -0.05) is 6.92 Å². The Bertz CT molecular complexity index is 261. The van der Waals surface area contributed by atoms with E-state index in [2.05, 4.69) is 11.8 Å². The summed E-state index contributed by atoms with van der Waals surface area (Å²) < 4.78 is 10.4. The first-order valence-corrected chi connectivity index (χ1v) is 6.74. The summed E-state index contributed by atoms with van der Waals surface area (Å²) in [5.41, 5.74) is 5.65. The highest BCUT2D eigenvalue weighted by Gasteiger charge is 2.35. The number of carbonyl (C=O) groups is 1. The van der Waals surface area contributed by atoms with Crippen molar-refractivity contribution >= 4 is 5.97 Å². The standard InChI is InChI=1S/C13H26N2O3/c1-4-18-11(7-14)5-6-15-8-10(2)12(9-15)13(16)17-3/h10-12H,4-9,14H2,1-3H3. The summed E-state index contributed by atoms with van der Waals surface area (Å²) in [5, 5.41) is 0. The molecule has 1 heterocycles. The monoisotopic (exact) mass is 258 g/mol. The number of likely N-dealkylation sites (tertiary alicyclic amines) is 1. The lowest BCUT2D eigenvalue weighted by Crippen LogP contribution is -2.31. The summed E-state index contributed by atoms with van der Waals surface area (Å²) in [4.78, 5) is 13.9. The predicted molar refractivity (Wildman–Crippen MR) is 70.2 cm³/mol. The quantitative estimate of drug-likeness (QED) is 0.673. The Labute approximate surface area is 110 Å². The molecule has 0 amide bonds. The molecule has 0 radical (unpaired) electrons. The molecular weight excluding hydrogens is 232 g/mol. The molecule has 1 aliphatic heterocycles. The zero-order valence-electron chi connectivity index (χ0n) is 11.7. The highest BCUT2D eigenvalue weighted by Crippen LogP contribution is 2.24. The molecule has 0 aromatic carbocycles. The molecule has 1 saturated heterocycles. The van der Waals surface area contributed by atoms with Crippen LogP contribution in [0.15, 0.2) is 0 Å². The average molecular weight is 258 g/mol. The van der Waals surface area contributed by atoms with Crippen LogP contribution in [0.4, 0.5) is 0 Å². The summed E-state index contributed by atoms with van der Waals surface area (Å²) in [5.74, 6) is 0.282. The molecule has 18 heavy (non-hydrogen) atoms. The SMILES string of the molecule is CCOC(CN)CCN1CC(C)C(C(=O)OC)C1. The van der Waals surface area contributed by atoms with Gasteiger partial charge >= 0.3 is 5.97 Å². The third-order valence-electron chi connectivity index (χ3n) is 3.62. The van der Waals surface area contributed by atoms with Crippen molar-refractivity contribution in [2.75, 3.05) is 39.9 Å². The van der Waals surface area contributed by atoms with Gasteiger partial charge in [-0.15, -0.1) is 0 Å². The van der Waals surface area contributed by atoms with E-state index >= 15 is 0 Å². The van der Waals surface area contributed by atoms with E-state index in [9.17, 15) is 4.79 Å². The van der Waals surface area contributed by atoms with Crippen molar-refractivity contribution in [2.45, 2.75) is 26.4 Å². The summed E-state index contributed by atoms with van der Waals surface area (Å²) in [7, 11) is 1.46. The van der Waals surface area contributed by atoms with Crippen molar-refractivity contribution in [2.24, 2.45) is 17.6 Å². The first-order chi connectivity index (χ1) is 8.62. The second kappa shape index (κ2) is 7.71. The minimum absolute atomic E-state index is 0.0124. The molecule has 1 fully saturated rings. The van der Waals surface area contributed by atoms with Gasteiger partial charge < -0.3 is 20.1 Å². The molecular formula is C13H26N2O3. The van der Waals surface area contributed by atoms with E-state index in [1.165, 1.54) is 7.11 Å². The maximum atomic E-state index is 11.6. The minimum atomic E-state index is -0.0924. The Balaban J connectivity index is 2.35. The average Bonchev–Trinajstić information content (AvgIpc) is 2.74. The van der Waals surface area contributed by atoms with Crippen molar-refractivity contribution in [3.63, 3.8) is 0 Å². The molecule has 0 saturated carbocycles. The van der Waals surface area contributed by atoms with Crippen LogP contribution in [0.5, 0.6) is 0 Å². The minimum Gasteiger partial charge on any atom is -0.469 e. The molecule has 3 atom stereocenters. The van der Waals surface area contributed by atoms with Crippen LogP contribution < -0.4 is 5.73 Å². The van der Waals surface area contributed by atoms with Crippen molar-refractivity contribution in [1.29, 1.82) is 0 Å². The number of rotatable bonds is 7. The van der Waals surface area contributed by atoms with Gasteiger partial charge in [0, 0.05) is 32.8 Å². The van der Waals surface area contributed by atoms with Crippen LogP contribution in [-0.4, -0.2) is 56.9 Å². The molecule has 5 nitrogen and oxygen atoms in total. The number of nitrogens with zero attached hydrogens (tertiary/aromatic N) is 1. The van der Waals surface area contributed by atoms with Gasteiger partial charge in [0.05, 0.1) is 19.1 Å². The first-order valence-electron chi connectivity index (χ1n) is 6.74. The van der Waals surface area contributed by atoms with Crippen molar-refractivity contribution in [3.8, 4) is 0 Å². The van der Waals surface area contributed by atoms with E-state index < -0.39 is 0 Å². The van der Waals surface area contributed by atoms with Crippen molar-refractivity contribution < 1.29 is 14.3 Å². The molecule has 0 bridgehead atoms. The van der Waals surface area contributed by atoms with E-state index in [-0.39, 0.29) is 18.0 Å². The van der Waals surface area contributed by atoms with Gasteiger partial charge in [0.2, 0.25) is 0 Å². The summed E-state index contributed by atoms with van der Waals surface area (Å²) in [6.07, 6.45) is 1.05. The molecule has 0 aromatic heterocycles. The number of ether oxygens (including phenoxy) is 2.